The van der Waals surface area contributed by atoms with Crippen LogP contribution in [0.15, 0.2) is 47.6 Å². The number of phenolic OH excluding ortho intramolecular Hbond substituents is 1. The molecule has 8 nitrogen and oxygen atoms in total. The van der Waals surface area contributed by atoms with Gasteiger partial charge in [-0.3, -0.25) is 0 Å². The van der Waals surface area contributed by atoms with Crippen LogP contribution in [-0.4, -0.2) is 58.2 Å². The molecular weight excluding hydrogens is 362 g/mol. The Morgan fingerprint density at radius 1 is 1.29 bits per heavy atom. The van der Waals surface area contributed by atoms with Crippen molar-refractivity contribution in [3.63, 3.8) is 0 Å². The number of pyridine rings is 1. The molecule has 0 radical (unpaired) electrons. The van der Waals surface area contributed by atoms with E-state index in [-0.39, 0.29) is 18.5 Å². The number of benzene rings is 1. The first-order valence-corrected chi connectivity index (χ1v) is 9.11. The fourth-order valence-electron chi connectivity index (χ4n) is 3.59. The Bertz CT molecular complexity index is 974. The third kappa shape index (κ3) is 3.01. The maximum atomic E-state index is 10.4. The van der Waals surface area contributed by atoms with E-state index in [1.807, 2.05) is 11.0 Å². The first-order valence-electron chi connectivity index (χ1n) is 9.11. The van der Waals surface area contributed by atoms with Crippen LogP contribution in [-0.2, 0) is 11.2 Å². The SMILES string of the molecule is Oc1ccc2c(c1)CCN1C2=CC(OC[C@@H]2COc3ncccc3O2)=NC1O. The largest absolute Gasteiger partial charge is 0.508 e. The molecule has 1 unspecified atom stereocenters. The molecule has 0 saturated heterocycles. The summed E-state index contributed by atoms with van der Waals surface area (Å²) in [6.45, 7) is 1.17. The van der Waals surface area contributed by atoms with Crippen molar-refractivity contribution in [3.8, 4) is 17.4 Å². The Morgan fingerprint density at radius 2 is 2.21 bits per heavy atom. The number of aliphatic imine (C=N–C) groups is 1. The van der Waals surface area contributed by atoms with Gasteiger partial charge in [-0.15, -0.1) is 0 Å². The molecule has 0 fully saturated rings. The second-order valence-electron chi connectivity index (χ2n) is 6.80. The highest BCUT2D eigenvalue weighted by molar-refractivity contribution is 5.97. The Labute approximate surface area is 161 Å². The molecule has 8 heteroatoms. The molecule has 4 heterocycles. The van der Waals surface area contributed by atoms with Crippen LogP contribution in [0.25, 0.3) is 5.70 Å². The van der Waals surface area contributed by atoms with Crippen molar-refractivity contribution < 1.29 is 24.4 Å². The lowest BCUT2D eigenvalue weighted by Gasteiger charge is -2.37. The van der Waals surface area contributed by atoms with Crippen molar-refractivity contribution in [2.45, 2.75) is 18.9 Å². The number of aromatic nitrogens is 1. The first-order chi connectivity index (χ1) is 13.7. The standard InChI is InChI=1S/C20H19N3O5/c24-13-3-4-15-12(8-13)5-7-23-16(15)9-18(22-20(23)25)26-10-14-11-27-19-17(28-14)2-1-6-21-19/h1-4,6,8-9,14,20,24-25H,5,7,10-11H2/t14-,20?/m1/s1. The van der Waals surface area contributed by atoms with E-state index < -0.39 is 6.35 Å². The van der Waals surface area contributed by atoms with Gasteiger partial charge in [-0.05, 0) is 42.3 Å². The van der Waals surface area contributed by atoms with Crippen LogP contribution in [0.1, 0.15) is 11.1 Å². The van der Waals surface area contributed by atoms with Gasteiger partial charge in [0.1, 0.15) is 19.0 Å². The lowest BCUT2D eigenvalue weighted by atomic mass is 9.95. The van der Waals surface area contributed by atoms with Crippen LogP contribution in [0.5, 0.6) is 17.4 Å². The average Bonchev–Trinajstić information content (AvgIpc) is 2.71. The molecule has 3 aliphatic heterocycles. The lowest BCUT2D eigenvalue weighted by molar-refractivity contribution is 0.0348. The van der Waals surface area contributed by atoms with E-state index in [1.54, 1.807) is 36.5 Å². The van der Waals surface area contributed by atoms with E-state index in [0.29, 0.717) is 30.7 Å². The van der Waals surface area contributed by atoms with Crippen molar-refractivity contribution >= 4 is 11.6 Å². The summed E-state index contributed by atoms with van der Waals surface area (Å²) in [7, 11) is 0. The van der Waals surface area contributed by atoms with Gasteiger partial charge < -0.3 is 29.3 Å². The summed E-state index contributed by atoms with van der Waals surface area (Å²) < 4.78 is 17.2. The van der Waals surface area contributed by atoms with Gasteiger partial charge in [-0.1, -0.05) is 0 Å². The first kappa shape index (κ1) is 16.9. The summed E-state index contributed by atoms with van der Waals surface area (Å²) in [5.41, 5.74) is 2.81. The maximum Gasteiger partial charge on any atom is 0.257 e. The van der Waals surface area contributed by atoms with Gasteiger partial charge in [-0.2, -0.15) is 4.99 Å². The number of ether oxygens (including phenoxy) is 3. The maximum absolute atomic E-state index is 10.4. The van der Waals surface area contributed by atoms with Gasteiger partial charge in [0.2, 0.25) is 12.2 Å². The van der Waals surface area contributed by atoms with Crippen molar-refractivity contribution in [2.75, 3.05) is 19.8 Å². The van der Waals surface area contributed by atoms with Crippen LogP contribution < -0.4 is 9.47 Å². The molecule has 0 aliphatic carbocycles. The Hall–Kier alpha value is -3.26. The molecule has 0 saturated carbocycles. The van der Waals surface area contributed by atoms with E-state index in [2.05, 4.69) is 9.98 Å². The zero-order valence-electron chi connectivity index (χ0n) is 15.0. The second kappa shape index (κ2) is 6.72. The van der Waals surface area contributed by atoms with Gasteiger partial charge in [0.15, 0.2) is 11.9 Å². The number of aliphatic hydroxyl groups excluding tert-OH is 1. The fourth-order valence-corrected chi connectivity index (χ4v) is 3.59. The topological polar surface area (TPSA) is 96.6 Å². The smallest absolute Gasteiger partial charge is 0.257 e. The predicted molar refractivity (Wildman–Crippen MR) is 100 cm³/mol. The van der Waals surface area contributed by atoms with Gasteiger partial charge in [0, 0.05) is 24.4 Å². The summed E-state index contributed by atoms with van der Waals surface area (Å²) >= 11 is 0. The number of aromatic hydroxyl groups is 1. The summed E-state index contributed by atoms with van der Waals surface area (Å²) in [5.74, 6) is 1.63. The Kier molecular flexibility index (Phi) is 4.05. The molecule has 1 aromatic heterocycles. The number of fused-ring (bicyclic) bond motifs is 4. The molecule has 2 aromatic rings. The van der Waals surface area contributed by atoms with Crippen LogP contribution >= 0.6 is 0 Å². The van der Waals surface area contributed by atoms with Crippen LogP contribution in [0, 0.1) is 0 Å². The second-order valence-corrected chi connectivity index (χ2v) is 6.80. The van der Waals surface area contributed by atoms with Gasteiger partial charge >= 0.3 is 0 Å². The minimum absolute atomic E-state index is 0.228. The number of hydrogen-bond donors (Lipinski definition) is 2. The van der Waals surface area contributed by atoms with E-state index >= 15 is 0 Å². The third-order valence-electron chi connectivity index (χ3n) is 4.93. The number of rotatable bonds is 2. The molecule has 28 heavy (non-hydrogen) atoms. The number of nitrogens with zero attached hydrogens (tertiary/aromatic N) is 3. The van der Waals surface area contributed by atoms with E-state index in [1.165, 1.54) is 0 Å². The monoisotopic (exact) mass is 381 g/mol. The number of aliphatic hydroxyl groups is 1. The summed E-state index contributed by atoms with van der Waals surface area (Å²) in [6.07, 6.45) is 2.87. The predicted octanol–water partition coefficient (Wildman–Crippen LogP) is 1.53. The highest BCUT2D eigenvalue weighted by atomic mass is 16.6. The van der Waals surface area contributed by atoms with Crippen molar-refractivity contribution in [1.82, 2.24) is 9.88 Å². The van der Waals surface area contributed by atoms with Gasteiger partial charge in [0.25, 0.3) is 5.88 Å². The van der Waals surface area contributed by atoms with Crippen LogP contribution in [0.3, 0.4) is 0 Å². The average molecular weight is 381 g/mol. The molecule has 0 amide bonds. The minimum Gasteiger partial charge on any atom is -0.508 e. The molecule has 0 spiro atoms. The molecule has 2 N–H and O–H groups in total. The molecule has 2 atom stereocenters. The van der Waals surface area contributed by atoms with Gasteiger partial charge in [-0.25, -0.2) is 4.98 Å². The van der Waals surface area contributed by atoms with Crippen molar-refractivity contribution in [3.05, 3.63) is 53.7 Å². The lowest BCUT2D eigenvalue weighted by Crippen LogP contribution is -2.41. The van der Waals surface area contributed by atoms with Crippen LogP contribution in [0.4, 0.5) is 0 Å². The van der Waals surface area contributed by atoms with Crippen molar-refractivity contribution in [2.24, 2.45) is 4.99 Å². The highest BCUT2D eigenvalue weighted by Crippen LogP contribution is 2.34. The molecule has 0 bridgehead atoms. The molecule has 5 rings (SSSR count). The van der Waals surface area contributed by atoms with E-state index in [9.17, 15) is 10.2 Å². The summed E-state index contributed by atoms with van der Waals surface area (Å²) in [5, 5.41) is 20.2. The molecular formula is C20H19N3O5. The molecule has 3 aliphatic rings. The zero-order valence-corrected chi connectivity index (χ0v) is 15.0. The minimum atomic E-state index is -1.01. The van der Waals surface area contributed by atoms with Crippen LogP contribution in [0.2, 0.25) is 0 Å². The van der Waals surface area contributed by atoms with Gasteiger partial charge in [0.05, 0.1) is 5.70 Å². The third-order valence-corrected chi connectivity index (χ3v) is 4.93. The quantitative estimate of drug-likeness (QED) is 0.814. The summed E-state index contributed by atoms with van der Waals surface area (Å²) in [4.78, 5) is 10.1. The summed E-state index contributed by atoms with van der Waals surface area (Å²) in [6, 6.07) is 8.82. The molecule has 1 aromatic carbocycles. The molecule has 144 valence electrons. The van der Waals surface area contributed by atoms with Crippen molar-refractivity contribution in [1.29, 1.82) is 0 Å². The van der Waals surface area contributed by atoms with E-state index in [0.717, 1.165) is 23.2 Å². The van der Waals surface area contributed by atoms with E-state index in [4.69, 9.17) is 14.2 Å². The number of hydrogen-bond acceptors (Lipinski definition) is 8. The Balaban J connectivity index is 1.32. The zero-order chi connectivity index (χ0) is 19.1. The highest BCUT2D eigenvalue weighted by Gasteiger charge is 2.30. The fraction of sp³-hybridized carbons (Fsp3) is 0.300. The number of phenols is 1. The normalized spacial score (nSPS) is 22.5. The Morgan fingerprint density at radius 3 is 3.14 bits per heavy atom.